The number of ether oxygens (including phenoxy) is 1. The van der Waals surface area contributed by atoms with Gasteiger partial charge in [-0.05, 0) is 32.9 Å². The van der Waals surface area contributed by atoms with E-state index < -0.39 is 0 Å². The van der Waals surface area contributed by atoms with Crippen molar-refractivity contribution in [2.75, 3.05) is 18.9 Å². The van der Waals surface area contributed by atoms with Gasteiger partial charge in [-0.2, -0.15) is 0 Å². The van der Waals surface area contributed by atoms with Crippen LogP contribution in [0.15, 0.2) is 28.7 Å². The van der Waals surface area contributed by atoms with Crippen LogP contribution in [-0.4, -0.2) is 19.1 Å². The van der Waals surface area contributed by atoms with Crippen molar-refractivity contribution in [1.82, 2.24) is 5.32 Å². The second-order valence-electron chi connectivity index (χ2n) is 4.86. The van der Waals surface area contributed by atoms with Crippen molar-refractivity contribution in [1.29, 1.82) is 0 Å². The van der Waals surface area contributed by atoms with Crippen LogP contribution in [0.25, 0.3) is 0 Å². The van der Waals surface area contributed by atoms with Crippen LogP contribution in [0.5, 0.6) is 5.75 Å². The van der Waals surface area contributed by atoms with Crippen LogP contribution >= 0.6 is 0 Å². The number of hydrogen-bond acceptors (Lipinski definition) is 4. The molecule has 5 nitrogen and oxygen atoms in total. The van der Waals surface area contributed by atoms with Crippen LogP contribution in [0.1, 0.15) is 27.4 Å². The van der Waals surface area contributed by atoms with Crippen LogP contribution in [0.4, 0.5) is 5.69 Å². The number of carbonyl (C=O) groups excluding carboxylic acids is 1. The van der Waals surface area contributed by atoms with E-state index in [1.807, 2.05) is 26.0 Å². The standard InChI is InChI=1S/C16H20N2O3/c1-10-11(2)21-12(3)15(10)16(19)18-8-9-20-14-7-5-4-6-13(14)17/h4-7H,8-9,17H2,1-3H3,(H,18,19). The summed E-state index contributed by atoms with van der Waals surface area (Å²) >= 11 is 0. The third-order valence-electron chi connectivity index (χ3n) is 3.35. The van der Waals surface area contributed by atoms with Gasteiger partial charge in [-0.25, -0.2) is 0 Å². The van der Waals surface area contributed by atoms with Crippen molar-refractivity contribution in [3.63, 3.8) is 0 Å². The number of anilines is 1. The molecule has 0 radical (unpaired) electrons. The van der Waals surface area contributed by atoms with Gasteiger partial charge in [0, 0.05) is 5.56 Å². The molecule has 0 atom stereocenters. The third kappa shape index (κ3) is 3.37. The van der Waals surface area contributed by atoms with E-state index in [1.54, 1.807) is 19.1 Å². The zero-order chi connectivity index (χ0) is 15.4. The minimum Gasteiger partial charge on any atom is -0.490 e. The molecule has 0 spiro atoms. The van der Waals surface area contributed by atoms with E-state index >= 15 is 0 Å². The smallest absolute Gasteiger partial charge is 0.255 e. The highest BCUT2D eigenvalue weighted by Gasteiger charge is 2.17. The molecule has 0 aliphatic carbocycles. The van der Waals surface area contributed by atoms with Crippen LogP contribution < -0.4 is 15.8 Å². The lowest BCUT2D eigenvalue weighted by atomic mass is 10.1. The number of carbonyl (C=O) groups is 1. The summed E-state index contributed by atoms with van der Waals surface area (Å²) in [6, 6.07) is 7.27. The normalized spacial score (nSPS) is 10.4. The minimum absolute atomic E-state index is 0.147. The molecular weight excluding hydrogens is 268 g/mol. The minimum atomic E-state index is -0.147. The zero-order valence-corrected chi connectivity index (χ0v) is 12.5. The SMILES string of the molecule is Cc1oc(C)c(C(=O)NCCOc2ccccc2N)c1C. The topological polar surface area (TPSA) is 77.5 Å². The van der Waals surface area contributed by atoms with Crippen molar-refractivity contribution >= 4 is 11.6 Å². The van der Waals surface area contributed by atoms with Gasteiger partial charge in [0.25, 0.3) is 5.91 Å². The number of nitrogen functional groups attached to an aromatic ring is 1. The second kappa shape index (κ2) is 6.35. The molecule has 0 aliphatic rings. The number of nitrogens with two attached hydrogens (primary N) is 1. The Morgan fingerprint density at radius 3 is 2.57 bits per heavy atom. The summed E-state index contributed by atoms with van der Waals surface area (Å²) in [5.41, 5.74) is 7.83. The average molecular weight is 288 g/mol. The molecule has 0 aliphatic heterocycles. The van der Waals surface area contributed by atoms with Crippen molar-refractivity contribution < 1.29 is 13.9 Å². The fourth-order valence-electron chi connectivity index (χ4n) is 2.15. The number of para-hydroxylation sites is 2. The molecule has 2 rings (SSSR count). The first-order chi connectivity index (χ1) is 10.0. The predicted octanol–water partition coefficient (Wildman–Crippen LogP) is 2.60. The van der Waals surface area contributed by atoms with Crippen molar-refractivity contribution in [3.05, 3.63) is 46.9 Å². The van der Waals surface area contributed by atoms with Crippen molar-refractivity contribution in [2.45, 2.75) is 20.8 Å². The van der Waals surface area contributed by atoms with Gasteiger partial charge in [0.1, 0.15) is 23.9 Å². The van der Waals surface area contributed by atoms with Gasteiger partial charge in [-0.15, -0.1) is 0 Å². The molecule has 112 valence electrons. The maximum Gasteiger partial charge on any atom is 0.255 e. The van der Waals surface area contributed by atoms with Crippen LogP contribution in [0.2, 0.25) is 0 Å². The van der Waals surface area contributed by atoms with E-state index in [2.05, 4.69) is 5.32 Å². The van der Waals surface area contributed by atoms with Gasteiger partial charge in [0.15, 0.2) is 0 Å². The highest BCUT2D eigenvalue weighted by Crippen LogP contribution is 2.21. The van der Waals surface area contributed by atoms with Crippen LogP contribution in [0.3, 0.4) is 0 Å². The molecular formula is C16H20N2O3. The summed E-state index contributed by atoms with van der Waals surface area (Å²) < 4.78 is 11.0. The van der Waals surface area contributed by atoms with E-state index in [0.717, 1.165) is 11.3 Å². The number of aryl methyl sites for hydroxylation is 2. The number of amides is 1. The number of rotatable bonds is 5. The maximum absolute atomic E-state index is 12.1. The molecule has 0 saturated carbocycles. The van der Waals surface area contributed by atoms with Gasteiger partial charge in [-0.3, -0.25) is 4.79 Å². The highest BCUT2D eigenvalue weighted by molar-refractivity contribution is 5.96. The molecule has 1 aromatic carbocycles. The average Bonchev–Trinajstić information content (AvgIpc) is 2.70. The van der Waals surface area contributed by atoms with E-state index in [0.29, 0.717) is 35.9 Å². The first kappa shape index (κ1) is 15.0. The number of nitrogens with one attached hydrogen (secondary N) is 1. The summed E-state index contributed by atoms with van der Waals surface area (Å²) in [7, 11) is 0. The molecule has 1 amide bonds. The second-order valence-corrected chi connectivity index (χ2v) is 4.86. The molecule has 0 bridgehead atoms. The van der Waals surface area contributed by atoms with Crippen molar-refractivity contribution in [2.24, 2.45) is 0 Å². The molecule has 0 saturated heterocycles. The quantitative estimate of drug-likeness (QED) is 0.655. The van der Waals surface area contributed by atoms with Crippen molar-refractivity contribution in [3.8, 4) is 5.75 Å². The Kier molecular flexibility index (Phi) is 4.52. The van der Waals surface area contributed by atoms with Gasteiger partial charge in [0.2, 0.25) is 0 Å². The molecule has 21 heavy (non-hydrogen) atoms. The fraction of sp³-hybridized carbons (Fsp3) is 0.312. The van der Waals surface area contributed by atoms with Gasteiger partial charge < -0.3 is 20.2 Å². The zero-order valence-electron chi connectivity index (χ0n) is 12.5. The molecule has 1 aromatic heterocycles. The van der Waals surface area contributed by atoms with Gasteiger partial charge in [-0.1, -0.05) is 12.1 Å². The predicted molar refractivity (Wildman–Crippen MR) is 81.6 cm³/mol. The van der Waals surface area contributed by atoms with E-state index in [4.69, 9.17) is 14.9 Å². The van der Waals surface area contributed by atoms with Crippen LogP contribution in [0, 0.1) is 20.8 Å². The Hall–Kier alpha value is -2.43. The third-order valence-corrected chi connectivity index (χ3v) is 3.35. The molecule has 5 heteroatoms. The molecule has 0 fully saturated rings. The fourth-order valence-corrected chi connectivity index (χ4v) is 2.15. The largest absolute Gasteiger partial charge is 0.490 e. The lowest BCUT2D eigenvalue weighted by Crippen LogP contribution is -2.28. The van der Waals surface area contributed by atoms with E-state index in [9.17, 15) is 4.79 Å². The van der Waals surface area contributed by atoms with Gasteiger partial charge in [0.05, 0.1) is 17.8 Å². The lowest BCUT2D eigenvalue weighted by Gasteiger charge is -2.09. The molecule has 1 heterocycles. The van der Waals surface area contributed by atoms with E-state index in [-0.39, 0.29) is 5.91 Å². The lowest BCUT2D eigenvalue weighted by molar-refractivity contribution is 0.0945. The van der Waals surface area contributed by atoms with Crippen LogP contribution in [-0.2, 0) is 0 Å². The summed E-state index contributed by atoms with van der Waals surface area (Å²) in [6.07, 6.45) is 0. The summed E-state index contributed by atoms with van der Waals surface area (Å²) in [5, 5.41) is 2.82. The Labute approximate surface area is 124 Å². The highest BCUT2D eigenvalue weighted by atomic mass is 16.5. The molecule has 3 N–H and O–H groups in total. The Morgan fingerprint density at radius 2 is 1.95 bits per heavy atom. The number of benzene rings is 1. The summed E-state index contributed by atoms with van der Waals surface area (Å²) in [5.74, 6) is 1.88. The van der Waals surface area contributed by atoms with E-state index in [1.165, 1.54) is 0 Å². The summed E-state index contributed by atoms with van der Waals surface area (Å²) in [6.45, 7) is 6.27. The first-order valence-electron chi connectivity index (χ1n) is 6.82. The first-order valence-corrected chi connectivity index (χ1v) is 6.82. The number of hydrogen-bond donors (Lipinski definition) is 2. The monoisotopic (exact) mass is 288 g/mol. The Balaban J connectivity index is 1.86. The number of furan rings is 1. The molecule has 2 aromatic rings. The maximum atomic E-state index is 12.1. The summed E-state index contributed by atoms with van der Waals surface area (Å²) in [4.78, 5) is 12.1. The van der Waals surface area contributed by atoms with Gasteiger partial charge >= 0.3 is 0 Å². The Bertz CT molecular complexity index is 647. The Morgan fingerprint density at radius 1 is 1.24 bits per heavy atom. The molecule has 0 unspecified atom stereocenters.